The minimum Gasteiger partial charge on any atom is -0.421 e. The molecule has 0 radical (unpaired) electrons. The van der Waals surface area contributed by atoms with E-state index in [2.05, 4.69) is 37.5 Å². The van der Waals surface area contributed by atoms with E-state index >= 15 is 0 Å². The number of piperazine rings is 1. The van der Waals surface area contributed by atoms with Gasteiger partial charge in [-0.2, -0.15) is 0 Å². The second kappa shape index (κ2) is 8.72. The first-order valence-electron chi connectivity index (χ1n) is 9.78. The normalized spacial score (nSPS) is 14.1. The predicted octanol–water partition coefficient (Wildman–Crippen LogP) is 2.51. The van der Waals surface area contributed by atoms with Crippen LogP contribution in [-0.4, -0.2) is 58.8 Å². The zero-order valence-electron chi connectivity index (χ0n) is 16.4. The summed E-state index contributed by atoms with van der Waals surface area (Å²) >= 11 is 0. The highest BCUT2D eigenvalue weighted by Crippen LogP contribution is 2.28. The highest BCUT2D eigenvalue weighted by molar-refractivity contribution is 5.75. The van der Waals surface area contributed by atoms with E-state index in [9.17, 15) is 4.79 Å². The number of aromatic nitrogens is 3. The molecule has 29 heavy (non-hydrogen) atoms. The molecule has 3 heterocycles. The monoisotopic (exact) mass is 392 g/mol. The van der Waals surface area contributed by atoms with Crippen LogP contribution in [0.25, 0.3) is 11.5 Å². The zero-order valence-corrected chi connectivity index (χ0v) is 16.4. The molecule has 1 N–H and O–H groups in total. The second-order valence-electron chi connectivity index (χ2n) is 6.94. The molecular weight excluding hydrogens is 368 g/mol. The van der Waals surface area contributed by atoms with E-state index in [1.54, 1.807) is 13.1 Å². The van der Waals surface area contributed by atoms with Gasteiger partial charge in [0, 0.05) is 45.8 Å². The second-order valence-corrected chi connectivity index (χ2v) is 6.94. The Kier molecular flexibility index (Phi) is 5.69. The van der Waals surface area contributed by atoms with Crippen LogP contribution in [-0.2, 0) is 6.42 Å². The molecule has 0 aliphatic carbocycles. The van der Waals surface area contributed by atoms with Gasteiger partial charge in [-0.05, 0) is 24.1 Å². The number of rotatable bonds is 5. The van der Waals surface area contributed by atoms with Crippen molar-refractivity contribution in [3.63, 3.8) is 0 Å². The van der Waals surface area contributed by atoms with Crippen molar-refractivity contribution < 1.29 is 9.21 Å². The average molecular weight is 392 g/mol. The first-order valence-corrected chi connectivity index (χ1v) is 9.78. The molecule has 0 unspecified atom stereocenters. The van der Waals surface area contributed by atoms with Gasteiger partial charge in [0.05, 0.1) is 5.56 Å². The molecule has 1 aromatic carbocycles. The van der Waals surface area contributed by atoms with E-state index in [-0.39, 0.29) is 6.03 Å². The number of amides is 2. The van der Waals surface area contributed by atoms with Gasteiger partial charge in [-0.3, -0.25) is 0 Å². The fourth-order valence-corrected chi connectivity index (χ4v) is 3.41. The van der Waals surface area contributed by atoms with Crippen molar-refractivity contribution in [1.82, 2.24) is 25.4 Å². The Labute approximate surface area is 169 Å². The summed E-state index contributed by atoms with van der Waals surface area (Å²) in [7, 11) is 0. The van der Waals surface area contributed by atoms with Gasteiger partial charge in [0.2, 0.25) is 5.89 Å². The lowest BCUT2D eigenvalue weighted by Crippen LogP contribution is -2.52. The number of carbonyl (C=O) groups excluding carboxylic acids is 1. The highest BCUT2D eigenvalue weighted by Gasteiger charge is 2.24. The van der Waals surface area contributed by atoms with Gasteiger partial charge < -0.3 is 19.5 Å². The van der Waals surface area contributed by atoms with Crippen molar-refractivity contribution in [3.05, 3.63) is 60.1 Å². The molecule has 8 nitrogen and oxygen atoms in total. The molecule has 0 spiro atoms. The molecule has 0 atom stereocenters. The number of aryl methyl sites for hydroxylation is 1. The molecule has 150 valence electrons. The lowest BCUT2D eigenvalue weighted by molar-refractivity contribution is 0.194. The van der Waals surface area contributed by atoms with Crippen molar-refractivity contribution in [3.8, 4) is 11.5 Å². The zero-order chi connectivity index (χ0) is 20.1. The first-order chi connectivity index (χ1) is 14.2. The molecule has 3 aromatic rings. The maximum atomic E-state index is 12.5. The number of carbonyl (C=O) groups is 1. The summed E-state index contributed by atoms with van der Waals surface area (Å²) < 4.78 is 5.58. The fraction of sp³-hybridized carbons (Fsp3) is 0.333. The number of nitrogens with zero attached hydrogens (tertiary/aromatic N) is 5. The van der Waals surface area contributed by atoms with Crippen molar-refractivity contribution >= 4 is 11.8 Å². The van der Waals surface area contributed by atoms with Crippen LogP contribution in [0.3, 0.4) is 0 Å². The summed E-state index contributed by atoms with van der Waals surface area (Å²) in [5.41, 5.74) is 2.03. The van der Waals surface area contributed by atoms with Gasteiger partial charge in [0.1, 0.15) is 5.82 Å². The quantitative estimate of drug-likeness (QED) is 0.718. The van der Waals surface area contributed by atoms with Crippen LogP contribution in [0.1, 0.15) is 11.5 Å². The van der Waals surface area contributed by atoms with Gasteiger partial charge in [-0.15, -0.1) is 10.2 Å². The number of nitrogens with one attached hydrogen (secondary N) is 1. The SMILES string of the molecule is Cc1nnc(-c2cccnc2N2CCN(C(=O)NCCc3ccccc3)CC2)o1. The summed E-state index contributed by atoms with van der Waals surface area (Å²) in [5, 5.41) is 11.0. The molecule has 1 saturated heterocycles. The van der Waals surface area contributed by atoms with Crippen molar-refractivity contribution in [2.75, 3.05) is 37.6 Å². The standard InChI is InChI=1S/C21H24N6O2/c1-16-24-25-20(29-16)18-8-5-10-22-19(18)26-12-14-27(15-13-26)21(28)23-11-9-17-6-3-2-4-7-17/h2-8,10H,9,11-15H2,1H3,(H,23,28). The summed E-state index contributed by atoms with van der Waals surface area (Å²) in [6.45, 7) is 5.06. The van der Waals surface area contributed by atoms with Crippen molar-refractivity contribution in [2.24, 2.45) is 0 Å². The molecule has 2 amide bonds. The fourth-order valence-electron chi connectivity index (χ4n) is 3.41. The topological polar surface area (TPSA) is 87.4 Å². The van der Waals surface area contributed by atoms with E-state index in [1.165, 1.54) is 5.56 Å². The number of urea groups is 1. The molecular formula is C21H24N6O2. The Balaban J connectivity index is 1.32. The number of hydrogen-bond donors (Lipinski definition) is 1. The van der Waals surface area contributed by atoms with E-state index in [1.807, 2.05) is 35.2 Å². The van der Waals surface area contributed by atoms with Gasteiger partial charge in [-0.1, -0.05) is 30.3 Å². The largest absolute Gasteiger partial charge is 0.421 e. The van der Waals surface area contributed by atoms with E-state index in [4.69, 9.17) is 4.42 Å². The number of benzene rings is 1. The number of pyridine rings is 1. The summed E-state index contributed by atoms with van der Waals surface area (Å²) in [4.78, 5) is 21.0. The maximum Gasteiger partial charge on any atom is 0.317 e. The molecule has 1 fully saturated rings. The molecule has 8 heteroatoms. The van der Waals surface area contributed by atoms with Crippen LogP contribution in [0.5, 0.6) is 0 Å². The van der Waals surface area contributed by atoms with Crippen molar-refractivity contribution in [1.29, 1.82) is 0 Å². The average Bonchev–Trinajstić information content (AvgIpc) is 3.21. The van der Waals surface area contributed by atoms with Gasteiger partial charge >= 0.3 is 6.03 Å². The highest BCUT2D eigenvalue weighted by atomic mass is 16.4. The van der Waals surface area contributed by atoms with Crippen LogP contribution < -0.4 is 10.2 Å². The maximum absolute atomic E-state index is 12.5. The smallest absolute Gasteiger partial charge is 0.317 e. The lowest BCUT2D eigenvalue weighted by atomic mass is 10.1. The molecule has 2 aromatic heterocycles. The van der Waals surface area contributed by atoms with E-state index in [0.29, 0.717) is 44.5 Å². The lowest BCUT2D eigenvalue weighted by Gasteiger charge is -2.35. The van der Waals surface area contributed by atoms with E-state index in [0.717, 1.165) is 17.8 Å². The van der Waals surface area contributed by atoms with Crippen molar-refractivity contribution in [2.45, 2.75) is 13.3 Å². The predicted molar refractivity (Wildman–Crippen MR) is 110 cm³/mol. The first kappa shape index (κ1) is 18.9. The number of hydrogen-bond acceptors (Lipinski definition) is 6. The summed E-state index contributed by atoms with van der Waals surface area (Å²) in [6.07, 6.45) is 2.58. The Morgan fingerprint density at radius 2 is 1.86 bits per heavy atom. The van der Waals surface area contributed by atoms with Crippen LogP contribution >= 0.6 is 0 Å². The van der Waals surface area contributed by atoms with Gasteiger partial charge in [0.15, 0.2) is 0 Å². The van der Waals surface area contributed by atoms with Crippen LogP contribution in [0.15, 0.2) is 53.1 Å². The van der Waals surface area contributed by atoms with Gasteiger partial charge in [-0.25, -0.2) is 9.78 Å². The Bertz CT molecular complexity index is 951. The minimum absolute atomic E-state index is 0.0191. The summed E-state index contributed by atoms with van der Waals surface area (Å²) in [6, 6.07) is 13.9. The molecule has 0 bridgehead atoms. The van der Waals surface area contributed by atoms with Gasteiger partial charge in [0.25, 0.3) is 5.89 Å². The molecule has 4 rings (SSSR count). The Hall–Kier alpha value is -3.42. The van der Waals surface area contributed by atoms with Crippen LogP contribution in [0.2, 0.25) is 0 Å². The molecule has 0 saturated carbocycles. The number of anilines is 1. The molecule has 1 aliphatic rings. The third-order valence-electron chi connectivity index (χ3n) is 4.94. The third kappa shape index (κ3) is 4.53. The Morgan fingerprint density at radius 1 is 1.07 bits per heavy atom. The Morgan fingerprint density at radius 3 is 2.59 bits per heavy atom. The van der Waals surface area contributed by atoms with E-state index < -0.39 is 0 Å². The third-order valence-corrected chi connectivity index (χ3v) is 4.94. The van der Waals surface area contributed by atoms with Crippen LogP contribution in [0, 0.1) is 6.92 Å². The van der Waals surface area contributed by atoms with Crippen LogP contribution in [0.4, 0.5) is 10.6 Å². The molecule has 1 aliphatic heterocycles. The summed E-state index contributed by atoms with van der Waals surface area (Å²) in [5.74, 6) is 1.79. The minimum atomic E-state index is -0.0191.